The fourth-order valence-electron chi connectivity index (χ4n) is 4.29. The third-order valence-corrected chi connectivity index (χ3v) is 6.93. The van der Waals surface area contributed by atoms with Crippen molar-refractivity contribution in [1.82, 2.24) is 20.1 Å². The number of aryl methyl sites for hydroxylation is 1. The molecule has 3 rings (SSSR count). The highest BCUT2D eigenvalue weighted by atomic mass is 35.5. The summed E-state index contributed by atoms with van der Waals surface area (Å²) in [6, 6.07) is 1.48. The third-order valence-electron chi connectivity index (χ3n) is 6.57. The summed E-state index contributed by atoms with van der Waals surface area (Å²) >= 11 is 5.86. The van der Waals surface area contributed by atoms with Gasteiger partial charge < -0.3 is 10.1 Å². The van der Waals surface area contributed by atoms with Crippen LogP contribution in [-0.4, -0.2) is 48.9 Å². The number of pyridine rings is 1. The first kappa shape index (κ1) is 30.8. The number of hydrogen-bond donors (Lipinski definition) is 1. The van der Waals surface area contributed by atoms with Gasteiger partial charge in [0.1, 0.15) is 5.75 Å². The van der Waals surface area contributed by atoms with E-state index in [1.54, 1.807) is 4.68 Å². The van der Waals surface area contributed by atoms with E-state index < -0.39 is 23.7 Å². The van der Waals surface area contributed by atoms with Crippen LogP contribution in [-0.2, 0) is 24.5 Å². The maximum absolute atomic E-state index is 13.0. The highest BCUT2D eigenvalue weighted by molar-refractivity contribution is 7.51. The summed E-state index contributed by atoms with van der Waals surface area (Å²) < 4.78 is 62.5. The Bertz CT molecular complexity index is 1100. The van der Waals surface area contributed by atoms with E-state index in [4.69, 9.17) is 24.8 Å². The van der Waals surface area contributed by atoms with E-state index >= 15 is 0 Å². The Kier molecular flexibility index (Phi) is 11.5. The molecule has 1 aliphatic rings. The summed E-state index contributed by atoms with van der Waals surface area (Å²) in [6.45, 7) is 6.23. The molecule has 0 spiro atoms. The number of methoxy groups -OCH3 is 1. The number of amides is 1. The molecule has 1 atom stereocenters. The van der Waals surface area contributed by atoms with Gasteiger partial charge in [-0.1, -0.05) is 38.3 Å². The Labute approximate surface area is 222 Å². The number of hydrogen-bond acceptors (Lipinski definition) is 6. The number of ether oxygens (including phenoxy) is 1. The number of carbonyl (C=O) groups excluding carboxylic acids is 1. The second kappa shape index (κ2) is 13.9. The van der Waals surface area contributed by atoms with Crippen LogP contribution in [0.5, 0.6) is 5.75 Å². The standard InChI is InChI=1S/C24H32ClF3N4O2.O2S/c1-5-32-22(18-13-29-17(11-19(18)34-4)10-15(3)24(26,27)28)20(25)21(31-32)23(33)30-12-16-8-6-14(2)7-9-16;1-3-2/h11,13-16H,5-10,12H2,1-4H3,(H,30,33);. The molecule has 0 bridgehead atoms. The fourth-order valence-corrected chi connectivity index (χ4v) is 4.61. The minimum absolute atomic E-state index is 0.111. The van der Waals surface area contributed by atoms with Gasteiger partial charge in [0.15, 0.2) is 5.69 Å². The van der Waals surface area contributed by atoms with Crippen molar-refractivity contribution in [3.05, 3.63) is 28.7 Å². The van der Waals surface area contributed by atoms with Crippen molar-refractivity contribution >= 4 is 29.1 Å². The fraction of sp³-hybridized carbons (Fsp3) is 0.625. The van der Waals surface area contributed by atoms with Gasteiger partial charge in [-0.15, -0.1) is 0 Å². The number of nitrogens with one attached hydrogen (secondary N) is 1. The van der Waals surface area contributed by atoms with Crippen LogP contribution in [0.1, 0.15) is 62.6 Å². The summed E-state index contributed by atoms with van der Waals surface area (Å²) in [5.74, 6) is -0.389. The van der Waals surface area contributed by atoms with Crippen LogP contribution in [0.25, 0.3) is 11.3 Å². The Morgan fingerprint density at radius 1 is 1.30 bits per heavy atom. The first-order valence-electron chi connectivity index (χ1n) is 12.0. The summed E-state index contributed by atoms with van der Waals surface area (Å²) in [5, 5.41) is 7.52. The van der Waals surface area contributed by atoms with E-state index in [-0.39, 0.29) is 28.7 Å². The van der Waals surface area contributed by atoms with Crippen molar-refractivity contribution in [2.24, 2.45) is 17.8 Å². The quantitative estimate of drug-likeness (QED) is 0.469. The van der Waals surface area contributed by atoms with E-state index in [0.717, 1.165) is 25.7 Å². The van der Waals surface area contributed by atoms with Crippen LogP contribution in [0.2, 0.25) is 5.02 Å². The van der Waals surface area contributed by atoms with Gasteiger partial charge in [-0.3, -0.25) is 14.5 Å². The van der Waals surface area contributed by atoms with Crippen LogP contribution in [0.15, 0.2) is 12.3 Å². The molecule has 0 aromatic carbocycles. The van der Waals surface area contributed by atoms with Crippen molar-refractivity contribution in [2.45, 2.75) is 65.6 Å². The molecule has 206 valence electrons. The molecule has 0 aliphatic heterocycles. The number of nitrogens with zero attached hydrogens (tertiary/aromatic N) is 3. The molecule has 2 aromatic heterocycles. The van der Waals surface area contributed by atoms with Crippen LogP contribution in [0.4, 0.5) is 13.2 Å². The van der Waals surface area contributed by atoms with Crippen molar-refractivity contribution < 1.29 is 31.1 Å². The first-order valence-corrected chi connectivity index (χ1v) is 13.1. The number of alkyl halides is 3. The SMILES string of the molecule is CCn1nc(C(=O)NCC2CCC(C)CC2)c(Cl)c1-c1cnc(CC(C)C(F)(F)F)cc1OC.O=S=O. The summed E-state index contributed by atoms with van der Waals surface area (Å²) in [5.41, 5.74) is 1.27. The van der Waals surface area contributed by atoms with E-state index in [1.165, 1.54) is 32.2 Å². The van der Waals surface area contributed by atoms with Gasteiger partial charge in [0.25, 0.3) is 5.91 Å². The topological polar surface area (TPSA) is 103 Å². The van der Waals surface area contributed by atoms with Crippen molar-refractivity contribution in [2.75, 3.05) is 13.7 Å². The molecule has 1 unspecified atom stereocenters. The van der Waals surface area contributed by atoms with Gasteiger partial charge >= 0.3 is 17.7 Å². The smallest absolute Gasteiger partial charge is 0.391 e. The minimum atomic E-state index is -4.31. The van der Waals surface area contributed by atoms with Gasteiger partial charge in [-0.05, 0) is 31.6 Å². The second-order valence-electron chi connectivity index (χ2n) is 9.25. The molecule has 1 saturated carbocycles. The third kappa shape index (κ3) is 8.26. The number of carbonyl (C=O) groups is 1. The zero-order valence-electron chi connectivity index (χ0n) is 21.2. The summed E-state index contributed by atoms with van der Waals surface area (Å²) in [7, 11) is 1.43. The lowest BCUT2D eigenvalue weighted by atomic mass is 9.83. The average molecular weight is 565 g/mol. The van der Waals surface area contributed by atoms with Crippen molar-refractivity contribution in [3.63, 3.8) is 0 Å². The lowest BCUT2D eigenvalue weighted by Gasteiger charge is -2.26. The Balaban J connectivity index is 0.00000153. The molecule has 1 amide bonds. The summed E-state index contributed by atoms with van der Waals surface area (Å²) in [6.07, 6.45) is 1.36. The molecular formula is C24H32ClF3N4O4S. The van der Waals surface area contributed by atoms with Crippen molar-refractivity contribution in [3.8, 4) is 17.0 Å². The van der Waals surface area contributed by atoms with Gasteiger partial charge in [-0.25, -0.2) is 0 Å². The zero-order chi connectivity index (χ0) is 27.8. The van der Waals surface area contributed by atoms with Crippen LogP contribution in [0, 0.1) is 17.8 Å². The maximum atomic E-state index is 13.0. The van der Waals surface area contributed by atoms with E-state index in [9.17, 15) is 18.0 Å². The van der Waals surface area contributed by atoms with Crippen molar-refractivity contribution in [1.29, 1.82) is 0 Å². The highest BCUT2D eigenvalue weighted by Crippen LogP contribution is 2.38. The summed E-state index contributed by atoms with van der Waals surface area (Å²) in [4.78, 5) is 17.1. The lowest BCUT2D eigenvalue weighted by Crippen LogP contribution is -2.31. The zero-order valence-corrected chi connectivity index (χ0v) is 22.8. The van der Waals surface area contributed by atoms with Crippen LogP contribution in [0.3, 0.4) is 0 Å². The van der Waals surface area contributed by atoms with E-state index in [0.29, 0.717) is 36.0 Å². The van der Waals surface area contributed by atoms with Crippen LogP contribution < -0.4 is 10.1 Å². The molecule has 1 fully saturated rings. The highest BCUT2D eigenvalue weighted by Gasteiger charge is 2.36. The Morgan fingerprint density at radius 2 is 1.92 bits per heavy atom. The molecule has 0 radical (unpaired) electrons. The largest absolute Gasteiger partial charge is 0.496 e. The van der Waals surface area contributed by atoms with Gasteiger partial charge in [-0.2, -0.15) is 26.7 Å². The molecule has 2 aromatic rings. The maximum Gasteiger partial charge on any atom is 0.391 e. The Morgan fingerprint density at radius 3 is 2.46 bits per heavy atom. The van der Waals surface area contributed by atoms with Crippen LogP contribution >= 0.6 is 11.6 Å². The predicted octanol–water partition coefficient (Wildman–Crippen LogP) is 5.25. The average Bonchev–Trinajstić information content (AvgIpc) is 3.19. The molecule has 13 heteroatoms. The molecule has 0 saturated heterocycles. The normalized spacial score (nSPS) is 18.4. The Hall–Kier alpha value is -2.47. The lowest BCUT2D eigenvalue weighted by molar-refractivity contribution is -0.169. The molecule has 37 heavy (non-hydrogen) atoms. The van der Waals surface area contributed by atoms with Gasteiger partial charge in [0, 0.05) is 37.5 Å². The molecule has 2 heterocycles. The number of aromatic nitrogens is 3. The molecular weight excluding hydrogens is 533 g/mol. The van der Waals surface area contributed by atoms with Gasteiger partial charge in [0.05, 0.1) is 29.3 Å². The second-order valence-corrected chi connectivity index (χ2v) is 9.77. The monoisotopic (exact) mass is 564 g/mol. The first-order chi connectivity index (χ1) is 17.5. The molecule has 1 N–H and O–H groups in total. The minimum Gasteiger partial charge on any atom is -0.496 e. The molecule has 8 nitrogen and oxygen atoms in total. The molecule has 1 aliphatic carbocycles. The van der Waals surface area contributed by atoms with E-state index in [2.05, 4.69) is 22.3 Å². The number of rotatable bonds is 8. The van der Waals surface area contributed by atoms with Gasteiger partial charge in [0.2, 0.25) is 0 Å². The van der Waals surface area contributed by atoms with E-state index in [1.807, 2.05) is 6.92 Å². The predicted molar refractivity (Wildman–Crippen MR) is 134 cm³/mol. The number of halogens is 4.